The molecule has 1 fully saturated rings. The second-order valence-corrected chi connectivity index (χ2v) is 6.31. The minimum Gasteiger partial charge on any atom is -0.396 e. The Labute approximate surface area is 127 Å². The third-order valence-electron chi connectivity index (χ3n) is 5.08. The Morgan fingerprint density at radius 2 is 1.86 bits per heavy atom. The van der Waals surface area contributed by atoms with Crippen LogP contribution in [0.25, 0.3) is 0 Å². The molecule has 1 saturated carbocycles. The second kappa shape index (κ2) is 7.90. The van der Waals surface area contributed by atoms with Crippen LogP contribution in [0.2, 0.25) is 0 Å². The number of rotatable bonds is 5. The monoisotopic (exact) mass is 294 g/mol. The lowest BCUT2D eigenvalue weighted by molar-refractivity contribution is 0.173. The Morgan fingerprint density at radius 3 is 2.43 bits per heavy atom. The molecule has 2 N–H and O–H groups in total. The fourth-order valence-corrected chi connectivity index (χ4v) is 3.51. The molecule has 2 rings (SSSR count). The SMILES string of the molecule is CCC1CCC(C2=C(F)C=C(C(CO)CO)C=CC2)CC1. The maximum Gasteiger partial charge on any atom is 0.123 e. The van der Waals surface area contributed by atoms with Gasteiger partial charge in [0.1, 0.15) is 5.83 Å². The average Bonchev–Trinajstić information content (AvgIpc) is 2.70. The number of hydrogen-bond donors (Lipinski definition) is 2. The summed E-state index contributed by atoms with van der Waals surface area (Å²) in [5, 5.41) is 18.5. The van der Waals surface area contributed by atoms with Crippen molar-refractivity contribution in [3.63, 3.8) is 0 Å². The van der Waals surface area contributed by atoms with E-state index >= 15 is 0 Å². The predicted molar refractivity (Wildman–Crippen MR) is 83.4 cm³/mol. The highest BCUT2D eigenvalue weighted by Crippen LogP contribution is 2.38. The topological polar surface area (TPSA) is 40.5 Å². The summed E-state index contributed by atoms with van der Waals surface area (Å²) in [7, 11) is 0. The first-order chi connectivity index (χ1) is 10.2. The van der Waals surface area contributed by atoms with Gasteiger partial charge < -0.3 is 10.2 Å². The van der Waals surface area contributed by atoms with Gasteiger partial charge in [-0.15, -0.1) is 0 Å². The number of aliphatic hydroxyl groups is 2. The van der Waals surface area contributed by atoms with Crippen molar-refractivity contribution >= 4 is 0 Å². The van der Waals surface area contributed by atoms with Crippen LogP contribution in [0.4, 0.5) is 4.39 Å². The van der Waals surface area contributed by atoms with Crippen molar-refractivity contribution in [2.45, 2.75) is 45.4 Å². The summed E-state index contributed by atoms with van der Waals surface area (Å²) < 4.78 is 14.6. The lowest BCUT2D eigenvalue weighted by Crippen LogP contribution is -2.16. The molecule has 0 heterocycles. The van der Waals surface area contributed by atoms with E-state index in [-0.39, 0.29) is 25.0 Å². The molecule has 0 aliphatic heterocycles. The van der Waals surface area contributed by atoms with Crippen molar-refractivity contribution in [1.29, 1.82) is 0 Å². The minimum absolute atomic E-state index is 0.151. The molecule has 0 aromatic rings. The lowest BCUT2D eigenvalue weighted by Gasteiger charge is -2.29. The molecule has 0 amide bonds. The highest BCUT2D eigenvalue weighted by Gasteiger charge is 2.25. The van der Waals surface area contributed by atoms with Crippen LogP contribution >= 0.6 is 0 Å². The molecule has 2 aliphatic carbocycles. The molecule has 0 atom stereocenters. The van der Waals surface area contributed by atoms with Crippen LogP contribution in [0.15, 0.2) is 35.2 Å². The van der Waals surface area contributed by atoms with Crippen molar-refractivity contribution < 1.29 is 14.6 Å². The van der Waals surface area contributed by atoms with Crippen molar-refractivity contribution in [3.05, 3.63) is 35.2 Å². The van der Waals surface area contributed by atoms with Crippen LogP contribution in [-0.2, 0) is 0 Å². The molecule has 118 valence electrons. The zero-order valence-corrected chi connectivity index (χ0v) is 12.9. The van der Waals surface area contributed by atoms with Gasteiger partial charge in [0.2, 0.25) is 0 Å². The van der Waals surface area contributed by atoms with Gasteiger partial charge in [-0.2, -0.15) is 0 Å². The highest BCUT2D eigenvalue weighted by molar-refractivity contribution is 5.37. The molecule has 0 aromatic heterocycles. The van der Waals surface area contributed by atoms with Crippen LogP contribution < -0.4 is 0 Å². The standard InChI is InChI=1S/C18H27FO2/c1-2-13-6-8-14(9-7-13)17-5-3-4-15(10-18(17)19)16(11-20)12-21/h3-4,10,13-14,16,20-21H,2,5-9,11-12H2,1H3. The quantitative estimate of drug-likeness (QED) is 0.807. The molecular weight excluding hydrogens is 267 g/mol. The van der Waals surface area contributed by atoms with Crippen molar-refractivity contribution in [3.8, 4) is 0 Å². The van der Waals surface area contributed by atoms with Gasteiger partial charge in [-0.05, 0) is 61.2 Å². The summed E-state index contributed by atoms with van der Waals surface area (Å²) in [5.74, 6) is 0.629. The summed E-state index contributed by atoms with van der Waals surface area (Å²) in [4.78, 5) is 0. The summed E-state index contributed by atoms with van der Waals surface area (Å²) >= 11 is 0. The number of halogens is 1. The maximum absolute atomic E-state index is 14.6. The molecule has 21 heavy (non-hydrogen) atoms. The van der Waals surface area contributed by atoms with E-state index in [4.69, 9.17) is 0 Å². The normalized spacial score (nSPS) is 27.0. The first-order valence-electron chi connectivity index (χ1n) is 8.17. The van der Waals surface area contributed by atoms with Gasteiger partial charge in [-0.1, -0.05) is 25.5 Å². The van der Waals surface area contributed by atoms with E-state index in [2.05, 4.69) is 6.92 Å². The molecule has 0 saturated heterocycles. The molecule has 0 bridgehead atoms. The van der Waals surface area contributed by atoms with Crippen molar-refractivity contribution in [2.75, 3.05) is 13.2 Å². The van der Waals surface area contributed by atoms with Crippen molar-refractivity contribution in [1.82, 2.24) is 0 Å². The Morgan fingerprint density at radius 1 is 1.19 bits per heavy atom. The Balaban J connectivity index is 2.13. The highest BCUT2D eigenvalue weighted by atomic mass is 19.1. The zero-order chi connectivity index (χ0) is 15.2. The first-order valence-corrected chi connectivity index (χ1v) is 8.17. The second-order valence-electron chi connectivity index (χ2n) is 6.31. The summed E-state index contributed by atoms with van der Waals surface area (Å²) in [6, 6.07) is 0. The van der Waals surface area contributed by atoms with Gasteiger partial charge in [0.05, 0.1) is 13.2 Å². The third-order valence-corrected chi connectivity index (χ3v) is 5.08. The van der Waals surface area contributed by atoms with E-state index in [0.29, 0.717) is 17.9 Å². The van der Waals surface area contributed by atoms with Crippen LogP contribution in [0.3, 0.4) is 0 Å². The molecule has 2 aliphatic rings. The first kappa shape index (κ1) is 16.4. The van der Waals surface area contributed by atoms with E-state index in [9.17, 15) is 14.6 Å². The smallest absolute Gasteiger partial charge is 0.123 e. The van der Waals surface area contributed by atoms with Crippen molar-refractivity contribution in [2.24, 2.45) is 17.8 Å². The number of allylic oxidation sites excluding steroid dienone is 5. The Bertz CT molecular complexity index is 424. The maximum atomic E-state index is 14.6. The fourth-order valence-electron chi connectivity index (χ4n) is 3.51. The van der Waals surface area contributed by atoms with E-state index in [1.807, 2.05) is 12.2 Å². The van der Waals surface area contributed by atoms with Crippen LogP contribution in [-0.4, -0.2) is 23.4 Å². The fraction of sp³-hybridized carbons (Fsp3) is 0.667. The van der Waals surface area contributed by atoms with E-state index < -0.39 is 0 Å². The molecular formula is C18H27FO2. The van der Waals surface area contributed by atoms with Gasteiger partial charge in [0.15, 0.2) is 0 Å². The third kappa shape index (κ3) is 4.04. The lowest BCUT2D eigenvalue weighted by atomic mass is 9.76. The van der Waals surface area contributed by atoms with Gasteiger partial charge >= 0.3 is 0 Å². The van der Waals surface area contributed by atoms with Gasteiger partial charge in [0, 0.05) is 5.92 Å². The van der Waals surface area contributed by atoms with Gasteiger partial charge in [-0.3, -0.25) is 0 Å². The molecule has 0 spiro atoms. The largest absolute Gasteiger partial charge is 0.396 e. The summed E-state index contributed by atoms with van der Waals surface area (Å²) in [6.45, 7) is 1.92. The Kier molecular flexibility index (Phi) is 6.19. The van der Waals surface area contributed by atoms with E-state index in [1.54, 1.807) is 0 Å². The van der Waals surface area contributed by atoms with Crippen LogP contribution in [0.5, 0.6) is 0 Å². The molecule has 0 unspecified atom stereocenters. The zero-order valence-electron chi connectivity index (χ0n) is 12.9. The molecule has 3 heteroatoms. The molecule has 0 radical (unpaired) electrons. The van der Waals surface area contributed by atoms with Crippen LogP contribution in [0, 0.1) is 17.8 Å². The molecule has 2 nitrogen and oxygen atoms in total. The minimum atomic E-state index is -0.387. The van der Waals surface area contributed by atoms with Gasteiger partial charge in [0.25, 0.3) is 0 Å². The van der Waals surface area contributed by atoms with E-state index in [0.717, 1.165) is 24.3 Å². The number of aliphatic hydroxyl groups excluding tert-OH is 2. The van der Waals surface area contributed by atoms with E-state index in [1.165, 1.54) is 25.3 Å². The number of hydrogen-bond acceptors (Lipinski definition) is 2. The summed E-state index contributed by atoms with van der Waals surface area (Å²) in [6.07, 6.45) is 11.8. The summed E-state index contributed by atoms with van der Waals surface area (Å²) in [5.41, 5.74) is 1.60. The molecule has 0 aromatic carbocycles. The Hall–Kier alpha value is -0.930. The predicted octanol–water partition coefficient (Wildman–Crippen LogP) is 3.91. The van der Waals surface area contributed by atoms with Crippen LogP contribution in [0.1, 0.15) is 45.4 Å². The van der Waals surface area contributed by atoms with Gasteiger partial charge in [-0.25, -0.2) is 4.39 Å². The average molecular weight is 294 g/mol.